The topological polar surface area (TPSA) is 43.8 Å². The zero-order chi connectivity index (χ0) is 10.7. The molecule has 2 rings (SSSR count). The first-order chi connectivity index (χ1) is 7.29. The van der Waals surface area contributed by atoms with Crippen LogP contribution in [0.2, 0.25) is 5.02 Å². The van der Waals surface area contributed by atoms with Crippen LogP contribution in [0.5, 0.6) is 0 Å². The van der Waals surface area contributed by atoms with E-state index in [9.17, 15) is 0 Å². The Kier molecular flexibility index (Phi) is 3.04. The molecule has 1 heterocycles. The van der Waals surface area contributed by atoms with E-state index in [0.29, 0.717) is 6.54 Å². The van der Waals surface area contributed by atoms with Crippen LogP contribution in [-0.2, 0) is 13.1 Å². The van der Waals surface area contributed by atoms with Crippen molar-refractivity contribution >= 4 is 11.6 Å². The molecule has 0 fully saturated rings. The minimum Gasteiger partial charge on any atom is -0.329 e. The number of benzene rings is 1. The Morgan fingerprint density at radius 2 is 2.27 bits per heavy atom. The molecule has 4 heteroatoms. The second kappa shape index (κ2) is 4.47. The lowest BCUT2D eigenvalue weighted by molar-refractivity contribution is 0.740. The Labute approximate surface area is 93.5 Å². The van der Waals surface area contributed by atoms with Gasteiger partial charge in [-0.1, -0.05) is 23.7 Å². The highest BCUT2D eigenvalue weighted by molar-refractivity contribution is 6.30. The normalized spacial score (nSPS) is 10.5. The Bertz CT molecular complexity index is 451. The number of nitrogens with zero attached hydrogens (tertiary/aromatic N) is 2. The number of hydrogen-bond donors (Lipinski definition) is 1. The van der Waals surface area contributed by atoms with Crippen LogP contribution < -0.4 is 5.73 Å². The first-order valence-corrected chi connectivity index (χ1v) is 5.11. The number of halogens is 1. The summed E-state index contributed by atoms with van der Waals surface area (Å²) >= 11 is 5.91. The first kappa shape index (κ1) is 10.2. The van der Waals surface area contributed by atoms with E-state index in [-0.39, 0.29) is 0 Å². The third-order valence-corrected chi connectivity index (χ3v) is 2.48. The van der Waals surface area contributed by atoms with E-state index >= 15 is 0 Å². The van der Waals surface area contributed by atoms with E-state index in [0.717, 1.165) is 22.8 Å². The second-order valence-corrected chi connectivity index (χ2v) is 3.78. The van der Waals surface area contributed by atoms with E-state index in [2.05, 4.69) is 4.98 Å². The number of aromatic nitrogens is 2. The van der Waals surface area contributed by atoms with Crippen molar-refractivity contribution in [1.29, 1.82) is 0 Å². The van der Waals surface area contributed by atoms with Crippen molar-refractivity contribution in [2.75, 3.05) is 0 Å². The van der Waals surface area contributed by atoms with Crippen LogP contribution in [0, 0.1) is 0 Å². The lowest BCUT2D eigenvalue weighted by Crippen LogP contribution is -2.07. The summed E-state index contributed by atoms with van der Waals surface area (Å²) in [6.07, 6.45) is 3.56. The third kappa shape index (κ3) is 2.37. The molecule has 0 aliphatic carbocycles. The van der Waals surface area contributed by atoms with Crippen LogP contribution in [0.4, 0.5) is 0 Å². The predicted molar refractivity (Wildman–Crippen MR) is 60.7 cm³/mol. The van der Waals surface area contributed by atoms with Crippen molar-refractivity contribution < 1.29 is 0 Å². The molecule has 0 saturated carbocycles. The molecule has 3 nitrogen and oxygen atoms in total. The van der Waals surface area contributed by atoms with Gasteiger partial charge in [0.15, 0.2) is 0 Å². The number of nitrogens with two attached hydrogens (primary N) is 1. The average Bonchev–Trinajstić information content (AvgIpc) is 2.65. The zero-order valence-electron chi connectivity index (χ0n) is 8.23. The molecule has 0 saturated heterocycles. The summed E-state index contributed by atoms with van der Waals surface area (Å²) in [6.45, 7) is 1.26. The van der Waals surface area contributed by atoms with Crippen molar-refractivity contribution in [3.8, 4) is 0 Å². The van der Waals surface area contributed by atoms with Gasteiger partial charge in [0.1, 0.15) is 0 Å². The van der Waals surface area contributed by atoms with Gasteiger partial charge in [0, 0.05) is 24.3 Å². The van der Waals surface area contributed by atoms with E-state index in [1.807, 2.05) is 28.8 Å². The molecule has 0 spiro atoms. The van der Waals surface area contributed by atoms with Gasteiger partial charge in [-0.3, -0.25) is 0 Å². The molecule has 0 bridgehead atoms. The van der Waals surface area contributed by atoms with Gasteiger partial charge in [0.25, 0.3) is 0 Å². The van der Waals surface area contributed by atoms with Gasteiger partial charge >= 0.3 is 0 Å². The van der Waals surface area contributed by atoms with E-state index < -0.39 is 0 Å². The molecule has 0 amide bonds. The van der Waals surface area contributed by atoms with Crippen molar-refractivity contribution in [1.82, 2.24) is 9.55 Å². The molecule has 2 aromatic rings. The van der Waals surface area contributed by atoms with E-state index in [1.54, 1.807) is 12.5 Å². The molecule has 0 aliphatic heterocycles. The largest absolute Gasteiger partial charge is 0.329 e. The monoisotopic (exact) mass is 221 g/mol. The van der Waals surface area contributed by atoms with E-state index in [4.69, 9.17) is 17.3 Å². The van der Waals surface area contributed by atoms with Gasteiger partial charge in [-0.15, -0.1) is 0 Å². The zero-order valence-corrected chi connectivity index (χ0v) is 8.98. The maximum absolute atomic E-state index is 5.91. The van der Waals surface area contributed by atoms with Crippen LogP contribution in [0.1, 0.15) is 11.3 Å². The SMILES string of the molecule is NCc1cncn1Cc1cccc(Cl)c1. The Morgan fingerprint density at radius 1 is 1.40 bits per heavy atom. The molecular weight excluding hydrogens is 210 g/mol. The summed E-state index contributed by atoms with van der Waals surface area (Å²) in [5.41, 5.74) is 7.76. The molecule has 0 unspecified atom stereocenters. The van der Waals surface area contributed by atoms with Crippen LogP contribution >= 0.6 is 11.6 Å². The fourth-order valence-corrected chi connectivity index (χ4v) is 1.71. The first-order valence-electron chi connectivity index (χ1n) is 4.73. The quantitative estimate of drug-likeness (QED) is 0.862. The van der Waals surface area contributed by atoms with Gasteiger partial charge in [-0.2, -0.15) is 0 Å². The standard InChI is InChI=1S/C11H12ClN3/c12-10-3-1-2-9(4-10)7-15-8-14-6-11(15)5-13/h1-4,6,8H,5,7,13H2. The van der Waals surface area contributed by atoms with Gasteiger partial charge < -0.3 is 10.3 Å². The highest BCUT2D eigenvalue weighted by atomic mass is 35.5. The van der Waals surface area contributed by atoms with Crippen molar-refractivity contribution in [2.45, 2.75) is 13.1 Å². The summed E-state index contributed by atoms with van der Waals surface area (Å²) in [6, 6.07) is 7.79. The summed E-state index contributed by atoms with van der Waals surface area (Å²) in [7, 11) is 0. The van der Waals surface area contributed by atoms with Crippen molar-refractivity contribution in [2.24, 2.45) is 5.73 Å². The minimum absolute atomic E-state index is 0.501. The van der Waals surface area contributed by atoms with Crippen LogP contribution in [0.3, 0.4) is 0 Å². The number of rotatable bonds is 3. The molecule has 0 aliphatic rings. The smallest absolute Gasteiger partial charge is 0.0951 e. The third-order valence-electron chi connectivity index (χ3n) is 2.25. The summed E-state index contributed by atoms with van der Waals surface area (Å²) in [4.78, 5) is 4.06. The Morgan fingerprint density at radius 3 is 3.00 bits per heavy atom. The maximum atomic E-state index is 5.91. The lowest BCUT2D eigenvalue weighted by atomic mass is 10.2. The number of hydrogen-bond acceptors (Lipinski definition) is 2. The fraction of sp³-hybridized carbons (Fsp3) is 0.182. The highest BCUT2D eigenvalue weighted by Gasteiger charge is 2.01. The maximum Gasteiger partial charge on any atom is 0.0951 e. The molecule has 2 N–H and O–H groups in total. The highest BCUT2D eigenvalue weighted by Crippen LogP contribution is 2.12. The van der Waals surface area contributed by atoms with Gasteiger partial charge in [0.2, 0.25) is 0 Å². The molecule has 0 radical (unpaired) electrons. The van der Waals surface area contributed by atoms with Gasteiger partial charge in [-0.05, 0) is 17.7 Å². The Hall–Kier alpha value is -1.32. The Balaban J connectivity index is 2.22. The fourth-order valence-electron chi connectivity index (χ4n) is 1.49. The molecule has 78 valence electrons. The second-order valence-electron chi connectivity index (χ2n) is 3.35. The van der Waals surface area contributed by atoms with E-state index in [1.165, 1.54) is 0 Å². The van der Waals surface area contributed by atoms with Crippen LogP contribution in [0.15, 0.2) is 36.8 Å². The molecular formula is C11H12ClN3. The molecule has 1 aromatic carbocycles. The summed E-state index contributed by atoms with van der Waals surface area (Å²) in [5.74, 6) is 0. The van der Waals surface area contributed by atoms with Crippen LogP contribution in [0.25, 0.3) is 0 Å². The molecule has 0 atom stereocenters. The minimum atomic E-state index is 0.501. The summed E-state index contributed by atoms with van der Waals surface area (Å²) in [5, 5.41) is 0.752. The molecule has 1 aromatic heterocycles. The van der Waals surface area contributed by atoms with Gasteiger partial charge in [0.05, 0.1) is 12.0 Å². The van der Waals surface area contributed by atoms with Crippen molar-refractivity contribution in [3.05, 3.63) is 53.1 Å². The average molecular weight is 222 g/mol. The number of imidazole rings is 1. The summed E-state index contributed by atoms with van der Waals surface area (Å²) < 4.78 is 2.02. The van der Waals surface area contributed by atoms with Crippen molar-refractivity contribution in [3.63, 3.8) is 0 Å². The van der Waals surface area contributed by atoms with Crippen LogP contribution in [-0.4, -0.2) is 9.55 Å². The molecule has 15 heavy (non-hydrogen) atoms. The van der Waals surface area contributed by atoms with Gasteiger partial charge in [-0.25, -0.2) is 4.98 Å². The lowest BCUT2D eigenvalue weighted by Gasteiger charge is -2.06. The predicted octanol–water partition coefficient (Wildman–Crippen LogP) is 2.04.